The molecule has 1 amide bonds. The van der Waals surface area contributed by atoms with Gasteiger partial charge in [-0.1, -0.05) is 0 Å². The molecule has 1 aromatic heterocycles. The van der Waals surface area contributed by atoms with Crippen molar-refractivity contribution >= 4 is 15.9 Å². The smallest absolute Gasteiger partial charge is 0.243 e. The molecule has 0 bridgehead atoms. The second kappa shape index (κ2) is 6.48. The minimum Gasteiger partial charge on any atom is -0.347 e. The third-order valence-electron chi connectivity index (χ3n) is 5.00. The van der Waals surface area contributed by atoms with Crippen molar-refractivity contribution in [2.45, 2.75) is 36.7 Å². The zero-order valence-corrected chi connectivity index (χ0v) is 14.9. The molecule has 0 spiro atoms. The van der Waals surface area contributed by atoms with Gasteiger partial charge in [0.15, 0.2) is 0 Å². The highest BCUT2D eigenvalue weighted by Crippen LogP contribution is 2.28. The number of hydrogen-bond acceptors (Lipinski definition) is 4. The summed E-state index contributed by atoms with van der Waals surface area (Å²) in [7, 11) is -3.84. The van der Waals surface area contributed by atoms with Crippen LogP contribution in [0.4, 0.5) is 4.39 Å². The number of rotatable bonds is 3. The maximum Gasteiger partial charge on any atom is 0.243 e. The Labute approximate surface area is 150 Å². The van der Waals surface area contributed by atoms with Gasteiger partial charge in [-0.2, -0.15) is 4.31 Å². The summed E-state index contributed by atoms with van der Waals surface area (Å²) in [5, 5.41) is 0. The van der Waals surface area contributed by atoms with E-state index in [2.05, 4.69) is 9.97 Å². The van der Waals surface area contributed by atoms with E-state index in [4.69, 9.17) is 0 Å². The van der Waals surface area contributed by atoms with Crippen LogP contribution in [-0.2, 0) is 27.8 Å². The fourth-order valence-electron chi connectivity index (χ4n) is 3.63. The summed E-state index contributed by atoms with van der Waals surface area (Å²) < 4.78 is 40.2. The quantitative estimate of drug-likeness (QED) is 0.872. The van der Waals surface area contributed by atoms with Crippen molar-refractivity contribution in [3.63, 3.8) is 0 Å². The molecule has 0 aliphatic carbocycles. The van der Waals surface area contributed by atoms with E-state index in [9.17, 15) is 17.6 Å². The molecule has 26 heavy (non-hydrogen) atoms. The molecule has 9 heteroatoms. The number of fused-ring (bicyclic) bond motifs is 1. The van der Waals surface area contributed by atoms with E-state index >= 15 is 0 Å². The fourth-order valence-corrected chi connectivity index (χ4v) is 5.28. The van der Waals surface area contributed by atoms with Crippen LogP contribution in [0.15, 0.2) is 35.5 Å². The van der Waals surface area contributed by atoms with Crippen molar-refractivity contribution < 1.29 is 17.6 Å². The molecule has 2 aliphatic heterocycles. The minimum atomic E-state index is -3.84. The molecule has 1 atom stereocenters. The highest BCUT2D eigenvalue weighted by Gasteiger charge is 2.41. The Kier molecular flexibility index (Phi) is 4.28. The number of aromatic nitrogens is 2. The molecular formula is C17H19FN4O3S. The van der Waals surface area contributed by atoms with E-state index in [1.165, 1.54) is 16.4 Å². The van der Waals surface area contributed by atoms with Crippen molar-refractivity contribution in [1.82, 2.24) is 19.2 Å². The predicted octanol–water partition coefficient (Wildman–Crippen LogP) is 1.29. The third-order valence-corrected chi connectivity index (χ3v) is 6.92. The molecule has 138 valence electrons. The standard InChI is InChI=1S/C17H19FN4O3S/c18-12-3-5-13(6-4-12)26(24,25)22-8-1-2-16(22)17(23)21-9-7-14-15(10-21)20-11-19-14/h3-6,11,16H,1-2,7-10H2,(H,19,20)/t16-/m1/s1. The summed E-state index contributed by atoms with van der Waals surface area (Å²) in [6.07, 6.45) is 3.38. The molecule has 1 aromatic carbocycles. The number of hydrogen-bond donors (Lipinski definition) is 1. The van der Waals surface area contributed by atoms with Crippen LogP contribution < -0.4 is 0 Å². The van der Waals surface area contributed by atoms with Crippen molar-refractivity contribution in [3.8, 4) is 0 Å². The summed E-state index contributed by atoms with van der Waals surface area (Å²) in [6, 6.07) is 3.99. The van der Waals surface area contributed by atoms with Gasteiger partial charge in [-0.15, -0.1) is 0 Å². The zero-order valence-electron chi connectivity index (χ0n) is 14.1. The lowest BCUT2D eigenvalue weighted by Crippen LogP contribution is -2.49. The molecular weight excluding hydrogens is 359 g/mol. The Hall–Kier alpha value is -2.26. The van der Waals surface area contributed by atoms with Gasteiger partial charge in [-0.25, -0.2) is 17.8 Å². The molecule has 1 fully saturated rings. The van der Waals surface area contributed by atoms with Crippen LogP contribution in [0.5, 0.6) is 0 Å². The molecule has 1 saturated heterocycles. The van der Waals surface area contributed by atoms with Gasteiger partial charge in [0.1, 0.15) is 11.9 Å². The van der Waals surface area contributed by atoms with Gasteiger partial charge in [-0.3, -0.25) is 4.79 Å². The second-order valence-corrected chi connectivity index (χ2v) is 8.46. The van der Waals surface area contributed by atoms with Crippen molar-refractivity contribution in [1.29, 1.82) is 0 Å². The highest BCUT2D eigenvalue weighted by atomic mass is 32.2. The second-order valence-electron chi connectivity index (χ2n) is 6.57. The van der Waals surface area contributed by atoms with Gasteiger partial charge in [-0.05, 0) is 37.1 Å². The Balaban J connectivity index is 1.56. The van der Waals surface area contributed by atoms with Gasteiger partial charge < -0.3 is 9.88 Å². The topological polar surface area (TPSA) is 86.4 Å². The lowest BCUT2D eigenvalue weighted by atomic mass is 10.1. The van der Waals surface area contributed by atoms with E-state index in [0.717, 1.165) is 23.5 Å². The molecule has 7 nitrogen and oxygen atoms in total. The Morgan fingerprint density at radius 1 is 1.23 bits per heavy atom. The first-order valence-electron chi connectivity index (χ1n) is 8.54. The number of sulfonamides is 1. The Morgan fingerprint density at radius 2 is 2.00 bits per heavy atom. The number of benzene rings is 1. The summed E-state index contributed by atoms with van der Waals surface area (Å²) >= 11 is 0. The molecule has 2 aromatic rings. The largest absolute Gasteiger partial charge is 0.347 e. The van der Waals surface area contributed by atoms with E-state index < -0.39 is 21.9 Å². The number of carbonyl (C=O) groups excluding carboxylic acids is 1. The highest BCUT2D eigenvalue weighted by molar-refractivity contribution is 7.89. The zero-order chi connectivity index (χ0) is 18.3. The average molecular weight is 378 g/mol. The summed E-state index contributed by atoms with van der Waals surface area (Å²) in [4.78, 5) is 21.9. The Morgan fingerprint density at radius 3 is 2.77 bits per heavy atom. The predicted molar refractivity (Wildman–Crippen MR) is 91.0 cm³/mol. The monoisotopic (exact) mass is 378 g/mol. The van der Waals surface area contributed by atoms with Gasteiger partial charge in [0, 0.05) is 19.5 Å². The first kappa shape index (κ1) is 17.2. The summed E-state index contributed by atoms with van der Waals surface area (Å²) in [5.41, 5.74) is 1.85. The van der Waals surface area contributed by atoms with Crippen LogP contribution >= 0.6 is 0 Å². The van der Waals surface area contributed by atoms with Gasteiger partial charge in [0.2, 0.25) is 15.9 Å². The molecule has 1 N–H and O–H groups in total. The van der Waals surface area contributed by atoms with Gasteiger partial charge in [0.05, 0.1) is 29.2 Å². The minimum absolute atomic E-state index is 0.00750. The van der Waals surface area contributed by atoms with Crippen LogP contribution in [0, 0.1) is 5.82 Å². The summed E-state index contributed by atoms with van der Waals surface area (Å²) in [6.45, 7) is 1.23. The number of H-pyrrole nitrogens is 1. The molecule has 3 heterocycles. The van der Waals surface area contributed by atoms with Gasteiger partial charge >= 0.3 is 0 Å². The van der Waals surface area contributed by atoms with Crippen molar-refractivity contribution in [3.05, 3.63) is 47.8 Å². The molecule has 0 unspecified atom stereocenters. The number of carbonyl (C=O) groups is 1. The van der Waals surface area contributed by atoms with E-state index in [0.29, 0.717) is 38.9 Å². The number of nitrogens with zero attached hydrogens (tertiary/aromatic N) is 3. The molecule has 4 rings (SSSR count). The maximum atomic E-state index is 13.1. The van der Waals surface area contributed by atoms with Crippen LogP contribution in [0.2, 0.25) is 0 Å². The van der Waals surface area contributed by atoms with E-state index in [1.54, 1.807) is 11.2 Å². The first-order chi connectivity index (χ1) is 12.5. The summed E-state index contributed by atoms with van der Waals surface area (Å²) in [5.74, 6) is -0.685. The van der Waals surface area contributed by atoms with Crippen molar-refractivity contribution in [2.24, 2.45) is 0 Å². The van der Waals surface area contributed by atoms with E-state index in [-0.39, 0.29) is 10.8 Å². The SMILES string of the molecule is O=C([C@H]1CCCN1S(=O)(=O)c1ccc(F)cc1)N1CCc2nc[nH]c2C1. The number of amides is 1. The van der Waals surface area contributed by atoms with Crippen LogP contribution in [0.25, 0.3) is 0 Å². The van der Waals surface area contributed by atoms with Crippen molar-refractivity contribution in [2.75, 3.05) is 13.1 Å². The molecule has 0 saturated carbocycles. The third kappa shape index (κ3) is 2.90. The van der Waals surface area contributed by atoms with Gasteiger partial charge in [0.25, 0.3) is 0 Å². The van der Waals surface area contributed by atoms with Crippen LogP contribution in [-0.4, -0.2) is 52.6 Å². The Bertz CT molecular complexity index is 926. The van der Waals surface area contributed by atoms with E-state index in [1.807, 2.05) is 0 Å². The average Bonchev–Trinajstić information content (AvgIpc) is 3.30. The number of aromatic amines is 1. The maximum absolute atomic E-state index is 13.1. The van der Waals surface area contributed by atoms with Crippen LogP contribution in [0.1, 0.15) is 24.2 Å². The first-order valence-corrected chi connectivity index (χ1v) is 9.98. The number of nitrogens with one attached hydrogen (secondary N) is 1. The fraction of sp³-hybridized carbons (Fsp3) is 0.412. The number of imidazole rings is 1. The number of halogens is 1. The molecule has 0 radical (unpaired) electrons. The lowest BCUT2D eigenvalue weighted by molar-refractivity contribution is -0.135. The van der Waals surface area contributed by atoms with Crippen LogP contribution in [0.3, 0.4) is 0 Å². The lowest BCUT2D eigenvalue weighted by Gasteiger charge is -2.31. The molecule has 2 aliphatic rings. The normalized spacial score (nSPS) is 21.0.